The number of hydrogen-bond acceptors (Lipinski definition) is 4. The number of nitrogens with two attached hydrogens (primary N) is 1. The first-order valence-corrected chi connectivity index (χ1v) is 9.67. The van der Waals surface area contributed by atoms with Gasteiger partial charge in [-0.05, 0) is 42.2 Å². The number of hydrogen-bond donors (Lipinski definition) is 1. The third-order valence-corrected chi connectivity index (χ3v) is 7.33. The summed E-state index contributed by atoms with van der Waals surface area (Å²) in [7, 11) is -3.32. The normalized spacial score (nSPS) is 21.8. The van der Waals surface area contributed by atoms with Crippen molar-refractivity contribution < 1.29 is 8.42 Å². The first kappa shape index (κ1) is 15.9. The number of nitrogens with zero attached hydrogens (tertiary/aromatic N) is 1. The van der Waals surface area contributed by atoms with Gasteiger partial charge in [0.15, 0.2) is 0 Å². The summed E-state index contributed by atoms with van der Waals surface area (Å²) in [6.45, 7) is 3.89. The van der Waals surface area contributed by atoms with Crippen molar-refractivity contribution >= 4 is 21.4 Å². The monoisotopic (exact) mass is 316 g/mol. The highest BCUT2D eigenvalue weighted by molar-refractivity contribution is 7.91. The predicted molar refractivity (Wildman–Crippen MR) is 83.2 cm³/mol. The highest BCUT2D eigenvalue weighted by Crippen LogP contribution is 2.28. The second-order valence-electron chi connectivity index (χ2n) is 5.47. The van der Waals surface area contributed by atoms with Gasteiger partial charge in [0, 0.05) is 19.6 Å². The maximum Gasteiger partial charge on any atom is 0.252 e. The van der Waals surface area contributed by atoms with Gasteiger partial charge in [-0.3, -0.25) is 0 Å². The maximum atomic E-state index is 12.6. The van der Waals surface area contributed by atoms with E-state index in [9.17, 15) is 8.42 Å². The Morgan fingerprint density at radius 1 is 1.40 bits per heavy atom. The molecule has 2 rings (SSSR count). The summed E-state index contributed by atoms with van der Waals surface area (Å²) in [5.41, 5.74) is 6.46. The molecule has 6 heteroatoms. The van der Waals surface area contributed by atoms with E-state index in [1.807, 2.05) is 5.38 Å². The predicted octanol–water partition coefficient (Wildman–Crippen LogP) is 2.80. The Kier molecular flexibility index (Phi) is 5.60. The minimum Gasteiger partial charge on any atom is -0.326 e. The molecule has 1 aromatic heterocycles. The van der Waals surface area contributed by atoms with Crippen LogP contribution in [-0.2, 0) is 16.6 Å². The second kappa shape index (κ2) is 7.02. The zero-order chi connectivity index (χ0) is 14.6. The molecule has 4 nitrogen and oxygen atoms in total. The van der Waals surface area contributed by atoms with Crippen LogP contribution in [0.5, 0.6) is 0 Å². The van der Waals surface area contributed by atoms with Crippen LogP contribution in [0.2, 0.25) is 0 Å². The molecule has 1 atom stereocenters. The summed E-state index contributed by atoms with van der Waals surface area (Å²) in [5.74, 6) is 0.683. The second-order valence-corrected chi connectivity index (χ2v) is 8.54. The number of sulfonamides is 1. The van der Waals surface area contributed by atoms with E-state index in [4.69, 9.17) is 5.73 Å². The summed E-state index contributed by atoms with van der Waals surface area (Å²) >= 11 is 1.28. The van der Waals surface area contributed by atoms with Crippen molar-refractivity contribution in [1.82, 2.24) is 4.31 Å². The van der Waals surface area contributed by atoms with Crippen LogP contribution in [0.4, 0.5) is 0 Å². The van der Waals surface area contributed by atoms with Gasteiger partial charge < -0.3 is 5.73 Å². The van der Waals surface area contributed by atoms with Gasteiger partial charge in [-0.25, -0.2) is 8.42 Å². The first-order valence-electron chi connectivity index (χ1n) is 7.35. The number of thiophene rings is 1. The van der Waals surface area contributed by atoms with Crippen molar-refractivity contribution in [1.29, 1.82) is 0 Å². The lowest BCUT2D eigenvalue weighted by Crippen LogP contribution is -2.31. The summed E-state index contributed by atoms with van der Waals surface area (Å²) in [5, 5.41) is 1.84. The fourth-order valence-corrected chi connectivity index (χ4v) is 5.67. The van der Waals surface area contributed by atoms with E-state index in [0.29, 0.717) is 29.8 Å². The van der Waals surface area contributed by atoms with Crippen molar-refractivity contribution in [2.45, 2.75) is 49.8 Å². The molecule has 1 saturated heterocycles. The maximum absolute atomic E-state index is 12.6. The van der Waals surface area contributed by atoms with Gasteiger partial charge in [-0.15, -0.1) is 11.3 Å². The van der Waals surface area contributed by atoms with Crippen molar-refractivity contribution in [2.24, 2.45) is 11.7 Å². The summed E-state index contributed by atoms with van der Waals surface area (Å²) < 4.78 is 27.4. The van der Waals surface area contributed by atoms with E-state index < -0.39 is 10.0 Å². The first-order chi connectivity index (χ1) is 9.57. The van der Waals surface area contributed by atoms with E-state index in [0.717, 1.165) is 24.8 Å². The Balaban J connectivity index is 2.09. The molecule has 0 aromatic carbocycles. The molecule has 2 N–H and O–H groups in total. The van der Waals surface area contributed by atoms with Gasteiger partial charge in [-0.1, -0.05) is 19.8 Å². The smallest absolute Gasteiger partial charge is 0.252 e. The SMILES string of the molecule is CCCC1CCCN(S(=O)(=O)c2cc(CN)cs2)CC1. The van der Waals surface area contributed by atoms with E-state index in [2.05, 4.69) is 6.92 Å². The van der Waals surface area contributed by atoms with E-state index in [1.165, 1.54) is 24.2 Å². The molecule has 0 amide bonds. The fourth-order valence-electron chi connectivity index (χ4n) is 2.80. The lowest BCUT2D eigenvalue weighted by molar-refractivity contribution is 0.400. The standard InChI is InChI=1S/C14H24N2O2S2/c1-2-4-12-5-3-7-16(8-6-12)20(17,18)14-9-13(10-15)11-19-14/h9,11-12H,2-8,10,15H2,1H3. The third-order valence-electron chi connectivity index (χ3n) is 3.96. The molecule has 1 aliphatic rings. The molecule has 1 fully saturated rings. The van der Waals surface area contributed by atoms with Crippen LogP contribution in [0.15, 0.2) is 15.7 Å². The van der Waals surface area contributed by atoms with Crippen LogP contribution in [0.3, 0.4) is 0 Å². The molecule has 0 aliphatic carbocycles. The number of rotatable bonds is 5. The average Bonchev–Trinajstić information content (AvgIpc) is 2.80. The molecule has 1 aliphatic heterocycles. The van der Waals surface area contributed by atoms with Crippen molar-refractivity contribution in [2.75, 3.05) is 13.1 Å². The Hall–Kier alpha value is -0.430. The zero-order valence-corrected chi connectivity index (χ0v) is 13.7. The lowest BCUT2D eigenvalue weighted by atomic mass is 9.96. The van der Waals surface area contributed by atoms with Gasteiger partial charge >= 0.3 is 0 Å². The average molecular weight is 316 g/mol. The topological polar surface area (TPSA) is 63.4 Å². The highest BCUT2D eigenvalue weighted by atomic mass is 32.2. The van der Waals surface area contributed by atoms with Gasteiger partial charge in [0.05, 0.1) is 0 Å². The quantitative estimate of drug-likeness (QED) is 0.908. The molecule has 0 saturated carbocycles. The van der Waals surface area contributed by atoms with E-state index in [-0.39, 0.29) is 0 Å². The largest absolute Gasteiger partial charge is 0.326 e. The van der Waals surface area contributed by atoms with Crippen LogP contribution >= 0.6 is 11.3 Å². The zero-order valence-electron chi connectivity index (χ0n) is 12.0. The van der Waals surface area contributed by atoms with Crippen molar-refractivity contribution in [3.05, 3.63) is 17.0 Å². The molecular formula is C14H24N2O2S2. The van der Waals surface area contributed by atoms with Crippen molar-refractivity contribution in [3.63, 3.8) is 0 Å². The van der Waals surface area contributed by atoms with Gasteiger partial charge in [0.25, 0.3) is 10.0 Å². The molecule has 0 spiro atoms. The van der Waals surface area contributed by atoms with E-state index in [1.54, 1.807) is 10.4 Å². The summed E-state index contributed by atoms with van der Waals surface area (Å²) in [4.78, 5) is 0. The molecule has 114 valence electrons. The van der Waals surface area contributed by atoms with Crippen molar-refractivity contribution in [3.8, 4) is 0 Å². The van der Waals surface area contributed by atoms with E-state index >= 15 is 0 Å². The minimum absolute atomic E-state index is 0.393. The van der Waals surface area contributed by atoms with Crippen LogP contribution < -0.4 is 5.73 Å². The van der Waals surface area contributed by atoms with Crippen LogP contribution in [-0.4, -0.2) is 25.8 Å². The minimum atomic E-state index is -3.32. The molecule has 1 unspecified atom stereocenters. The van der Waals surface area contributed by atoms with Gasteiger partial charge in [0.2, 0.25) is 0 Å². The Labute approximate surface area is 126 Å². The molecule has 20 heavy (non-hydrogen) atoms. The molecule has 1 aromatic rings. The Morgan fingerprint density at radius 2 is 2.20 bits per heavy atom. The molecule has 2 heterocycles. The highest BCUT2D eigenvalue weighted by Gasteiger charge is 2.28. The fraction of sp³-hybridized carbons (Fsp3) is 0.714. The van der Waals surface area contributed by atoms with Crippen LogP contribution in [0.25, 0.3) is 0 Å². The third kappa shape index (κ3) is 3.61. The van der Waals surface area contributed by atoms with Crippen LogP contribution in [0.1, 0.15) is 44.6 Å². The molecule has 0 radical (unpaired) electrons. The van der Waals surface area contributed by atoms with Crippen LogP contribution in [0, 0.1) is 5.92 Å². The Morgan fingerprint density at radius 3 is 2.85 bits per heavy atom. The van der Waals surface area contributed by atoms with Gasteiger partial charge in [-0.2, -0.15) is 4.31 Å². The Bertz CT molecular complexity index is 525. The summed E-state index contributed by atoms with van der Waals surface area (Å²) in [6.07, 6.45) is 5.51. The van der Waals surface area contributed by atoms with Gasteiger partial charge in [0.1, 0.15) is 4.21 Å². The summed E-state index contributed by atoms with van der Waals surface area (Å²) in [6, 6.07) is 1.72. The molecular weight excluding hydrogens is 292 g/mol. The lowest BCUT2D eigenvalue weighted by Gasteiger charge is -2.19. The molecule has 0 bridgehead atoms.